The van der Waals surface area contributed by atoms with Gasteiger partial charge in [-0.05, 0) is 31.7 Å². The number of hydrogen-bond donors (Lipinski definition) is 1. The number of carboxylic acid groups (broad SMARTS) is 1. The number of rotatable bonds is 5. The van der Waals surface area contributed by atoms with Crippen LogP contribution in [0.15, 0.2) is 24.3 Å². The molecule has 0 aliphatic heterocycles. The van der Waals surface area contributed by atoms with Crippen LogP contribution in [0.2, 0.25) is 0 Å². The van der Waals surface area contributed by atoms with Crippen molar-refractivity contribution in [3.63, 3.8) is 0 Å². The molecular weight excluding hydrogens is 234 g/mol. The molecule has 5 nitrogen and oxygen atoms in total. The van der Waals surface area contributed by atoms with E-state index in [0.717, 1.165) is 5.56 Å². The second-order valence-corrected chi connectivity index (χ2v) is 4.12. The highest BCUT2D eigenvalue weighted by atomic mass is 16.5. The lowest BCUT2D eigenvalue weighted by Crippen LogP contribution is -2.35. The number of carbonyl (C=O) groups is 2. The predicted octanol–water partition coefficient (Wildman–Crippen LogP) is 1.38. The zero-order valence-corrected chi connectivity index (χ0v) is 10.7. The first-order valence-electron chi connectivity index (χ1n) is 5.56. The van der Waals surface area contributed by atoms with Crippen molar-refractivity contribution in [3.8, 4) is 0 Å². The number of ether oxygens (including phenoxy) is 1. The Kier molecular flexibility index (Phi) is 4.85. The molecule has 0 aromatic heterocycles. The van der Waals surface area contributed by atoms with Gasteiger partial charge in [0, 0.05) is 6.54 Å². The Morgan fingerprint density at radius 2 is 1.89 bits per heavy atom. The zero-order valence-electron chi connectivity index (χ0n) is 10.7. The first-order chi connectivity index (χ1) is 8.45. The number of likely N-dealkylation sites (N-methyl/N-ethyl adjacent to an activating group) is 1. The monoisotopic (exact) mass is 251 g/mol. The summed E-state index contributed by atoms with van der Waals surface area (Å²) >= 11 is 0. The van der Waals surface area contributed by atoms with Crippen LogP contribution in [0.25, 0.3) is 0 Å². The topological polar surface area (TPSA) is 66.8 Å². The van der Waals surface area contributed by atoms with Crippen molar-refractivity contribution < 1.29 is 19.4 Å². The SMILES string of the molecule is COC(=O)c1ccc(CN(C)C(C)C(=O)O)cc1. The van der Waals surface area contributed by atoms with Gasteiger partial charge in [0.25, 0.3) is 0 Å². The van der Waals surface area contributed by atoms with E-state index in [1.165, 1.54) is 7.11 Å². The van der Waals surface area contributed by atoms with Crippen LogP contribution >= 0.6 is 0 Å². The highest BCUT2D eigenvalue weighted by Crippen LogP contribution is 2.09. The summed E-state index contributed by atoms with van der Waals surface area (Å²) in [5.74, 6) is -1.24. The molecule has 0 heterocycles. The van der Waals surface area contributed by atoms with Gasteiger partial charge in [-0.2, -0.15) is 0 Å². The van der Waals surface area contributed by atoms with Crippen LogP contribution in [0.5, 0.6) is 0 Å². The van der Waals surface area contributed by atoms with Gasteiger partial charge in [0.2, 0.25) is 0 Å². The Morgan fingerprint density at radius 3 is 2.33 bits per heavy atom. The number of carboxylic acids is 1. The molecular formula is C13H17NO4. The van der Waals surface area contributed by atoms with Crippen molar-refractivity contribution in [2.24, 2.45) is 0 Å². The van der Waals surface area contributed by atoms with Gasteiger partial charge in [0.05, 0.1) is 12.7 Å². The third-order valence-corrected chi connectivity index (χ3v) is 2.83. The van der Waals surface area contributed by atoms with Crippen molar-refractivity contribution in [1.82, 2.24) is 4.90 Å². The van der Waals surface area contributed by atoms with Gasteiger partial charge in [-0.15, -0.1) is 0 Å². The van der Waals surface area contributed by atoms with Gasteiger partial charge in [-0.1, -0.05) is 12.1 Å². The number of hydrogen-bond acceptors (Lipinski definition) is 4. The van der Waals surface area contributed by atoms with E-state index in [2.05, 4.69) is 4.74 Å². The van der Waals surface area contributed by atoms with Crippen molar-refractivity contribution in [1.29, 1.82) is 0 Å². The molecule has 0 amide bonds. The Labute approximate surface area is 106 Å². The van der Waals surface area contributed by atoms with E-state index in [4.69, 9.17) is 5.11 Å². The first-order valence-corrected chi connectivity index (χ1v) is 5.56. The maximum Gasteiger partial charge on any atom is 0.337 e. The predicted molar refractivity (Wildman–Crippen MR) is 66.3 cm³/mol. The number of methoxy groups -OCH3 is 1. The molecule has 1 unspecified atom stereocenters. The Morgan fingerprint density at radius 1 is 1.33 bits per heavy atom. The minimum Gasteiger partial charge on any atom is -0.480 e. The van der Waals surface area contributed by atoms with Crippen molar-refractivity contribution in [3.05, 3.63) is 35.4 Å². The van der Waals surface area contributed by atoms with Crippen LogP contribution < -0.4 is 0 Å². The molecule has 1 atom stereocenters. The molecule has 0 spiro atoms. The third-order valence-electron chi connectivity index (χ3n) is 2.83. The average Bonchev–Trinajstić information content (AvgIpc) is 2.37. The third kappa shape index (κ3) is 3.56. The zero-order chi connectivity index (χ0) is 13.7. The summed E-state index contributed by atoms with van der Waals surface area (Å²) in [5, 5.41) is 8.88. The van der Waals surface area contributed by atoms with Crippen LogP contribution in [-0.4, -0.2) is 42.1 Å². The lowest BCUT2D eigenvalue weighted by atomic mass is 10.1. The van der Waals surface area contributed by atoms with Gasteiger partial charge >= 0.3 is 11.9 Å². The lowest BCUT2D eigenvalue weighted by molar-refractivity contribution is -0.142. The minimum absolute atomic E-state index is 0.381. The molecule has 1 aromatic rings. The largest absolute Gasteiger partial charge is 0.480 e. The number of aliphatic carboxylic acids is 1. The Hall–Kier alpha value is -1.88. The smallest absolute Gasteiger partial charge is 0.337 e. The second kappa shape index (κ2) is 6.16. The standard InChI is InChI=1S/C13H17NO4/c1-9(12(15)16)14(2)8-10-4-6-11(7-5-10)13(17)18-3/h4-7,9H,8H2,1-3H3,(H,15,16). The fourth-order valence-electron chi connectivity index (χ4n) is 1.48. The maximum atomic E-state index is 11.2. The van der Waals surface area contributed by atoms with E-state index in [0.29, 0.717) is 12.1 Å². The highest BCUT2D eigenvalue weighted by molar-refractivity contribution is 5.89. The lowest BCUT2D eigenvalue weighted by Gasteiger charge is -2.21. The molecule has 1 aromatic carbocycles. The first kappa shape index (κ1) is 14.2. The van der Waals surface area contributed by atoms with Crippen LogP contribution in [0.3, 0.4) is 0 Å². The summed E-state index contributed by atoms with van der Waals surface area (Å²) in [7, 11) is 3.07. The normalized spacial score (nSPS) is 12.2. The molecule has 0 radical (unpaired) electrons. The fourth-order valence-corrected chi connectivity index (χ4v) is 1.48. The summed E-state index contributed by atoms with van der Waals surface area (Å²) in [6.07, 6.45) is 0. The van der Waals surface area contributed by atoms with Crippen molar-refractivity contribution in [2.75, 3.05) is 14.2 Å². The number of nitrogens with zero attached hydrogens (tertiary/aromatic N) is 1. The molecule has 98 valence electrons. The van der Waals surface area contributed by atoms with Gasteiger partial charge in [-0.3, -0.25) is 9.69 Å². The quantitative estimate of drug-likeness (QED) is 0.801. The number of benzene rings is 1. The molecule has 0 bridgehead atoms. The second-order valence-electron chi connectivity index (χ2n) is 4.12. The molecule has 18 heavy (non-hydrogen) atoms. The summed E-state index contributed by atoms with van der Waals surface area (Å²) in [6, 6.07) is 6.36. The van der Waals surface area contributed by atoms with Gasteiger partial charge in [0.15, 0.2) is 0 Å². The Balaban J connectivity index is 2.69. The maximum absolute atomic E-state index is 11.2. The Bertz CT molecular complexity index is 427. The van der Waals surface area contributed by atoms with E-state index in [9.17, 15) is 9.59 Å². The molecule has 5 heteroatoms. The van der Waals surface area contributed by atoms with E-state index in [-0.39, 0.29) is 5.97 Å². The molecule has 0 fully saturated rings. The van der Waals surface area contributed by atoms with Crippen LogP contribution in [0, 0.1) is 0 Å². The van der Waals surface area contributed by atoms with Crippen LogP contribution in [0.1, 0.15) is 22.8 Å². The van der Waals surface area contributed by atoms with E-state index in [1.807, 2.05) is 0 Å². The fraction of sp³-hybridized carbons (Fsp3) is 0.385. The molecule has 0 saturated heterocycles. The summed E-state index contributed by atoms with van der Waals surface area (Å²) in [5.41, 5.74) is 1.42. The van der Waals surface area contributed by atoms with Crippen molar-refractivity contribution in [2.45, 2.75) is 19.5 Å². The summed E-state index contributed by atoms with van der Waals surface area (Å²) in [4.78, 5) is 23.8. The van der Waals surface area contributed by atoms with Crippen molar-refractivity contribution >= 4 is 11.9 Å². The molecule has 0 saturated carbocycles. The summed E-state index contributed by atoms with van der Waals surface area (Å²) in [6.45, 7) is 2.14. The van der Waals surface area contributed by atoms with Crippen LogP contribution in [0.4, 0.5) is 0 Å². The van der Waals surface area contributed by atoms with Gasteiger partial charge in [0.1, 0.15) is 6.04 Å². The molecule has 1 rings (SSSR count). The minimum atomic E-state index is -0.858. The number of carbonyl (C=O) groups excluding carboxylic acids is 1. The number of esters is 1. The summed E-state index contributed by atoms with van der Waals surface area (Å²) < 4.78 is 4.60. The molecule has 0 aliphatic carbocycles. The van der Waals surface area contributed by atoms with E-state index in [1.54, 1.807) is 43.1 Å². The van der Waals surface area contributed by atoms with E-state index < -0.39 is 12.0 Å². The van der Waals surface area contributed by atoms with Gasteiger partial charge in [-0.25, -0.2) is 4.79 Å². The highest BCUT2D eigenvalue weighted by Gasteiger charge is 2.16. The van der Waals surface area contributed by atoms with Crippen LogP contribution in [-0.2, 0) is 16.1 Å². The van der Waals surface area contributed by atoms with E-state index >= 15 is 0 Å². The molecule has 0 aliphatic rings. The van der Waals surface area contributed by atoms with Gasteiger partial charge < -0.3 is 9.84 Å². The average molecular weight is 251 g/mol. The molecule has 1 N–H and O–H groups in total.